The Bertz CT molecular complexity index is 782. The number of rotatable bonds is 8. The molecule has 0 unspecified atom stereocenters. The summed E-state index contributed by atoms with van der Waals surface area (Å²) in [7, 11) is 0. The Balaban J connectivity index is 1.75. The molecule has 3 rings (SSSR count). The van der Waals surface area contributed by atoms with Crippen molar-refractivity contribution in [3.63, 3.8) is 0 Å². The largest absolute Gasteiger partial charge is 0.395 e. The number of aliphatic hydroxyl groups is 1. The van der Waals surface area contributed by atoms with Gasteiger partial charge in [-0.25, -0.2) is 4.98 Å². The van der Waals surface area contributed by atoms with Crippen LogP contribution in [0.15, 0.2) is 54.9 Å². The van der Waals surface area contributed by atoms with Crippen molar-refractivity contribution in [2.45, 2.75) is 6.42 Å². The summed E-state index contributed by atoms with van der Waals surface area (Å²) < 4.78 is 0. The average molecular weight is 336 g/mol. The summed E-state index contributed by atoms with van der Waals surface area (Å²) in [4.78, 5) is 17.5. The van der Waals surface area contributed by atoms with E-state index in [2.05, 4.69) is 30.6 Å². The molecule has 0 amide bonds. The van der Waals surface area contributed by atoms with Crippen LogP contribution in [0, 0.1) is 0 Å². The molecule has 0 spiro atoms. The van der Waals surface area contributed by atoms with E-state index in [1.165, 1.54) is 0 Å². The van der Waals surface area contributed by atoms with Crippen molar-refractivity contribution in [2.24, 2.45) is 0 Å². The summed E-state index contributed by atoms with van der Waals surface area (Å²) in [5.41, 5.74) is 2.51. The Morgan fingerprint density at radius 1 is 0.840 bits per heavy atom. The van der Waals surface area contributed by atoms with Crippen LogP contribution >= 0.6 is 0 Å². The molecule has 7 heteroatoms. The topological polar surface area (TPSA) is 95.8 Å². The van der Waals surface area contributed by atoms with E-state index in [-0.39, 0.29) is 6.61 Å². The highest BCUT2D eigenvalue weighted by atomic mass is 16.3. The van der Waals surface area contributed by atoms with Gasteiger partial charge < -0.3 is 15.7 Å². The molecule has 0 radical (unpaired) electrons. The van der Waals surface area contributed by atoms with Gasteiger partial charge in [-0.1, -0.05) is 12.1 Å². The lowest BCUT2D eigenvalue weighted by atomic mass is 10.2. The highest BCUT2D eigenvalue weighted by molar-refractivity contribution is 5.60. The van der Waals surface area contributed by atoms with Gasteiger partial charge in [0.25, 0.3) is 0 Å². The number of hydrogen-bond donors (Lipinski definition) is 3. The first-order chi connectivity index (χ1) is 12.3. The fourth-order valence-corrected chi connectivity index (χ4v) is 2.29. The van der Waals surface area contributed by atoms with E-state index in [1.807, 2.05) is 42.5 Å². The molecule has 0 aromatic carbocycles. The number of pyridine rings is 2. The monoisotopic (exact) mass is 336 g/mol. The summed E-state index contributed by atoms with van der Waals surface area (Å²) >= 11 is 0. The maximum Gasteiger partial charge on any atom is 0.225 e. The van der Waals surface area contributed by atoms with Crippen molar-refractivity contribution in [2.75, 3.05) is 30.3 Å². The summed E-state index contributed by atoms with van der Waals surface area (Å²) in [5, 5.41) is 15.3. The van der Waals surface area contributed by atoms with Crippen molar-refractivity contribution >= 4 is 11.8 Å². The van der Waals surface area contributed by atoms with Gasteiger partial charge in [-0.15, -0.1) is 0 Å². The van der Waals surface area contributed by atoms with Crippen LogP contribution in [0.2, 0.25) is 0 Å². The Kier molecular flexibility index (Phi) is 5.84. The van der Waals surface area contributed by atoms with Gasteiger partial charge in [-0.05, 0) is 24.3 Å². The number of anilines is 2. The van der Waals surface area contributed by atoms with Crippen LogP contribution in [0.1, 0.15) is 5.69 Å². The molecule has 3 aromatic rings. The van der Waals surface area contributed by atoms with E-state index in [4.69, 9.17) is 5.11 Å². The van der Waals surface area contributed by atoms with Gasteiger partial charge >= 0.3 is 0 Å². The summed E-state index contributed by atoms with van der Waals surface area (Å²) in [6.45, 7) is 1.10. The van der Waals surface area contributed by atoms with Gasteiger partial charge in [0.05, 0.1) is 18.0 Å². The second kappa shape index (κ2) is 8.70. The number of hydrogen-bond acceptors (Lipinski definition) is 7. The quantitative estimate of drug-likeness (QED) is 0.579. The lowest BCUT2D eigenvalue weighted by molar-refractivity contribution is 0.311. The predicted octanol–water partition coefficient (Wildman–Crippen LogP) is 1.99. The first kappa shape index (κ1) is 16.8. The zero-order valence-corrected chi connectivity index (χ0v) is 13.8. The Morgan fingerprint density at radius 2 is 1.68 bits per heavy atom. The van der Waals surface area contributed by atoms with E-state index < -0.39 is 0 Å². The van der Waals surface area contributed by atoms with E-state index in [0.717, 1.165) is 23.5 Å². The molecule has 0 bridgehead atoms. The van der Waals surface area contributed by atoms with E-state index in [9.17, 15) is 0 Å². The van der Waals surface area contributed by atoms with Crippen LogP contribution in [-0.2, 0) is 6.42 Å². The molecule has 0 aliphatic carbocycles. The Morgan fingerprint density at radius 3 is 2.40 bits per heavy atom. The Hall–Kier alpha value is -3.06. The van der Waals surface area contributed by atoms with Gasteiger partial charge in [0, 0.05) is 43.7 Å². The molecule has 0 saturated heterocycles. The number of nitrogens with zero attached hydrogens (tertiary/aromatic N) is 4. The molecule has 0 aliphatic heterocycles. The maximum absolute atomic E-state index is 9.00. The molecule has 0 saturated carbocycles. The molecule has 0 fully saturated rings. The van der Waals surface area contributed by atoms with Crippen LogP contribution in [0.3, 0.4) is 0 Å². The smallest absolute Gasteiger partial charge is 0.225 e. The SMILES string of the molecule is OCCNc1nc(NCCc2ccccn2)cc(-c2ccccn2)n1. The molecule has 0 atom stereocenters. The fraction of sp³-hybridized carbons (Fsp3) is 0.222. The van der Waals surface area contributed by atoms with Crippen LogP contribution in [0.4, 0.5) is 11.8 Å². The second-order valence-corrected chi connectivity index (χ2v) is 5.33. The van der Waals surface area contributed by atoms with Crippen LogP contribution in [0.25, 0.3) is 11.4 Å². The van der Waals surface area contributed by atoms with Gasteiger partial charge in [0.2, 0.25) is 5.95 Å². The first-order valence-electron chi connectivity index (χ1n) is 8.14. The fourth-order valence-electron chi connectivity index (χ4n) is 2.29. The van der Waals surface area contributed by atoms with Gasteiger partial charge in [-0.2, -0.15) is 4.98 Å². The molecule has 3 aromatic heterocycles. The van der Waals surface area contributed by atoms with Crippen LogP contribution in [-0.4, -0.2) is 44.7 Å². The Labute approximate surface area is 146 Å². The van der Waals surface area contributed by atoms with Crippen molar-refractivity contribution < 1.29 is 5.11 Å². The zero-order chi connectivity index (χ0) is 17.3. The number of nitrogens with one attached hydrogen (secondary N) is 2. The van der Waals surface area contributed by atoms with Gasteiger partial charge in [-0.3, -0.25) is 9.97 Å². The first-order valence-corrected chi connectivity index (χ1v) is 8.14. The molecule has 0 aliphatic rings. The van der Waals surface area contributed by atoms with E-state index in [0.29, 0.717) is 24.9 Å². The predicted molar refractivity (Wildman–Crippen MR) is 97.3 cm³/mol. The lowest BCUT2D eigenvalue weighted by Gasteiger charge is -2.10. The molecule has 3 heterocycles. The molecular formula is C18H20N6O. The minimum atomic E-state index is 0.0135. The third-order valence-electron chi connectivity index (χ3n) is 3.46. The van der Waals surface area contributed by atoms with Crippen molar-refractivity contribution in [3.05, 3.63) is 60.6 Å². The maximum atomic E-state index is 9.00. The summed E-state index contributed by atoms with van der Waals surface area (Å²) in [6, 6.07) is 13.4. The molecule has 3 N–H and O–H groups in total. The summed E-state index contributed by atoms with van der Waals surface area (Å²) in [6.07, 6.45) is 4.31. The normalized spacial score (nSPS) is 10.4. The van der Waals surface area contributed by atoms with E-state index in [1.54, 1.807) is 12.4 Å². The second-order valence-electron chi connectivity index (χ2n) is 5.33. The lowest BCUT2D eigenvalue weighted by Crippen LogP contribution is -2.12. The minimum Gasteiger partial charge on any atom is -0.395 e. The van der Waals surface area contributed by atoms with Crippen LogP contribution in [0.5, 0.6) is 0 Å². The van der Waals surface area contributed by atoms with Gasteiger partial charge in [0.1, 0.15) is 5.82 Å². The third kappa shape index (κ3) is 4.95. The zero-order valence-electron chi connectivity index (χ0n) is 13.8. The highest BCUT2D eigenvalue weighted by Gasteiger charge is 2.07. The van der Waals surface area contributed by atoms with Crippen molar-refractivity contribution in [1.29, 1.82) is 0 Å². The number of aromatic nitrogens is 4. The van der Waals surface area contributed by atoms with Crippen LogP contribution < -0.4 is 10.6 Å². The molecule has 128 valence electrons. The van der Waals surface area contributed by atoms with Gasteiger partial charge in [0.15, 0.2) is 0 Å². The van der Waals surface area contributed by atoms with Crippen molar-refractivity contribution in [3.8, 4) is 11.4 Å². The molecular weight excluding hydrogens is 316 g/mol. The summed E-state index contributed by atoms with van der Waals surface area (Å²) in [5.74, 6) is 1.16. The average Bonchev–Trinajstić information content (AvgIpc) is 2.68. The number of aliphatic hydroxyl groups excluding tert-OH is 1. The standard InChI is InChI=1S/C18H20N6O/c25-12-11-22-18-23-16(15-6-2-4-9-20-15)13-17(24-18)21-10-7-14-5-1-3-8-19-14/h1-6,8-9,13,25H,7,10-12H2,(H2,21,22,23,24). The van der Waals surface area contributed by atoms with Crippen molar-refractivity contribution in [1.82, 2.24) is 19.9 Å². The minimum absolute atomic E-state index is 0.0135. The highest BCUT2D eigenvalue weighted by Crippen LogP contribution is 2.19. The third-order valence-corrected chi connectivity index (χ3v) is 3.46. The van der Waals surface area contributed by atoms with E-state index >= 15 is 0 Å². The molecule has 25 heavy (non-hydrogen) atoms. The molecule has 7 nitrogen and oxygen atoms in total.